The lowest BCUT2D eigenvalue weighted by Gasteiger charge is -2.33. The first kappa shape index (κ1) is 12.0. The quantitative estimate of drug-likeness (QED) is 0.828. The first-order chi connectivity index (χ1) is 8.23. The summed E-state index contributed by atoms with van der Waals surface area (Å²) in [5.41, 5.74) is 0.577. The lowest BCUT2D eigenvalue weighted by atomic mass is 9.75. The van der Waals surface area contributed by atoms with Gasteiger partial charge in [0.2, 0.25) is 0 Å². The minimum Gasteiger partial charge on any atom is -0.481 e. The van der Waals surface area contributed by atoms with E-state index in [1.807, 2.05) is 18.3 Å². The molecular formula is C13H18N2O2. The maximum atomic E-state index is 11.5. The molecule has 0 saturated carbocycles. The highest BCUT2D eigenvalue weighted by atomic mass is 16.4. The van der Waals surface area contributed by atoms with Crippen LogP contribution in [0.5, 0.6) is 0 Å². The standard InChI is InChI=1S/C13H18N2O2/c16-12(17)13(5-8-14-9-6-13)4-3-11-2-1-7-15-10-11/h1-2,7,10,14H,3-6,8-9H2,(H,16,17). The summed E-state index contributed by atoms with van der Waals surface area (Å²) < 4.78 is 0. The van der Waals surface area contributed by atoms with Gasteiger partial charge in [-0.2, -0.15) is 0 Å². The topological polar surface area (TPSA) is 62.2 Å². The smallest absolute Gasteiger partial charge is 0.309 e. The molecule has 0 radical (unpaired) electrons. The number of pyridine rings is 1. The third-order valence-electron chi connectivity index (χ3n) is 3.63. The first-order valence-corrected chi connectivity index (χ1v) is 6.06. The van der Waals surface area contributed by atoms with E-state index >= 15 is 0 Å². The number of carboxylic acids is 1. The number of aliphatic carboxylic acids is 1. The molecule has 4 nitrogen and oxygen atoms in total. The van der Waals surface area contributed by atoms with Crippen molar-refractivity contribution in [3.8, 4) is 0 Å². The van der Waals surface area contributed by atoms with Gasteiger partial charge in [-0.1, -0.05) is 6.07 Å². The molecule has 1 saturated heterocycles. The van der Waals surface area contributed by atoms with Crippen LogP contribution in [0.4, 0.5) is 0 Å². The fraction of sp³-hybridized carbons (Fsp3) is 0.538. The maximum absolute atomic E-state index is 11.5. The van der Waals surface area contributed by atoms with Gasteiger partial charge in [0.15, 0.2) is 0 Å². The number of rotatable bonds is 4. The Hall–Kier alpha value is -1.42. The van der Waals surface area contributed by atoms with Crippen molar-refractivity contribution in [1.82, 2.24) is 10.3 Å². The van der Waals surface area contributed by atoms with Crippen molar-refractivity contribution < 1.29 is 9.90 Å². The molecular weight excluding hydrogens is 216 g/mol. The van der Waals surface area contributed by atoms with Crippen LogP contribution in [0, 0.1) is 5.41 Å². The van der Waals surface area contributed by atoms with Crippen LogP contribution in [-0.2, 0) is 11.2 Å². The van der Waals surface area contributed by atoms with E-state index in [0.717, 1.165) is 37.9 Å². The molecule has 1 fully saturated rings. The average molecular weight is 234 g/mol. The normalized spacial score (nSPS) is 18.8. The Morgan fingerprint density at radius 1 is 1.47 bits per heavy atom. The summed E-state index contributed by atoms with van der Waals surface area (Å²) in [5, 5.41) is 12.6. The first-order valence-electron chi connectivity index (χ1n) is 6.06. The summed E-state index contributed by atoms with van der Waals surface area (Å²) >= 11 is 0. The van der Waals surface area contributed by atoms with Crippen LogP contribution in [-0.4, -0.2) is 29.1 Å². The van der Waals surface area contributed by atoms with Gasteiger partial charge in [0.25, 0.3) is 0 Å². The maximum Gasteiger partial charge on any atom is 0.309 e. The second-order valence-corrected chi connectivity index (χ2v) is 4.70. The van der Waals surface area contributed by atoms with Gasteiger partial charge >= 0.3 is 5.97 Å². The van der Waals surface area contributed by atoms with Gasteiger partial charge in [-0.15, -0.1) is 0 Å². The molecule has 4 heteroatoms. The van der Waals surface area contributed by atoms with Crippen LogP contribution in [0.3, 0.4) is 0 Å². The number of aromatic nitrogens is 1. The van der Waals surface area contributed by atoms with Crippen molar-refractivity contribution in [2.75, 3.05) is 13.1 Å². The number of carboxylic acid groups (broad SMARTS) is 1. The van der Waals surface area contributed by atoms with E-state index in [9.17, 15) is 9.90 Å². The SMILES string of the molecule is O=C(O)C1(CCc2cccnc2)CCNCC1. The zero-order valence-electron chi connectivity index (χ0n) is 9.85. The van der Waals surface area contributed by atoms with Gasteiger partial charge in [-0.25, -0.2) is 0 Å². The molecule has 0 aromatic carbocycles. The fourth-order valence-electron chi connectivity index (χ4n) is 2.41. The molecule has 1 aromatic heterocycles. The summed E-state index contributed by atoms with van der Waals surface area (Å²) in [6, 6.07) is 3.90. The summed E-state index contributed by atoms with van der Waals surface area (Å²) in [7, 11) is 0. The zero-order valence-corrected chi connectivity index (χ0v) is 9.85. The minimum absolute atomic E-state index is 0.541. The fourth-order valence-corrected chi connectivity index (χ4v) is 2.41. The zero-order chi connectivity index (χ0) is 12.1. The van der Waals surface area contributed by atoms with Crippen molar-refractivity contribution in [3.63, 3.8) is 0 Å². The van der Waals surface area contributed by atoms with Crippen LogP contribution < -0.4 is 5.32 Å². The monoisotopic (exact) mass is 234 g/mol. The van der Waals surface area contributed by atoms with E-state index < -0.39 is 11.4 Å². The number of nitrogens with one attached hydrogen (secondary N) is 1. The van der Waals surface area contributed by atoms with E-state index in [1.165, 1.54) is 0 Å². The predicted molar refractivity (Wildman–Crippen MR) is 64.7 cm³/mol. The van der Waals surface area contributed by atoms with Gasteiger partial charge in [0.1, 0.15) is 0 Å². The largest absolute Gasteiger partial charge is 0.481 e. The Labute approximate surface area is 101 Å². The van der Waals surface area contributed by atoms with E-state index in [-0.39, 0.29) is 0 Å². The average Bonchev–Trinajstić information content (AvgIpc) is 2.38. The Bertz CT molecular complexity index is 372. The molecule has 2 heterocycles. The second-order valence-electron chi connectivity index (χ2n) is 4.70. The highest BCUT2D eigenvalue weighted by molar-refractivity contribution is 5.74. The molecule has 1 aliphatic heterocycles. The van der Waals surface area contributed by atoms with Gasteiger partial charge < -0.3 is 10.4 Å². The molecule has 1 aliphatic rings. The molecule has 0 aliphatic carbocycles. The van der Waals surface area contributed by atoms with Crippen molar-refractivity contribution >= 4 is 5.97 Å². The Balaban J connectivity index is 2.01. The molecule has 2 rings (SSSR count). The molecule has 0 unspecified atom stereocenters. The summed E-state index contributed by atoms with van der Waals surface area (Å²) in [6.07, 6.45) is 6.50. The summed E-state index contributed by atoms with van der Waals surface area (Å²) in [6.45, 7) is 1.61. The molecule has 17 heavy (non-hydrogen) atoms. The van der Waals surface area contributed by atoms with Gasteiger partial charge in [-0.05, 0) is 50.4 Å². The van der Waals surface area contributed by atoms with E-state index in [4.69, 9.17) is 0 Å². The molecule has 1 aromatic rings. The van der Waals surface area contributed by atoms with E-state index in [1.54, 1.807) is 6.20 Å². The third-order valence-corrected chi connectivity index (χ3v) is 3.63. The number of piperidine rings is 1. The third kappa shape index (κ3) is 2.82. The highest BCUT2D eigenvalue weighted by Crippen LogP contribution is 2.34. The summed E-state index contributed by atoms with van der Waals surface area (Å²) in [4.78, 5) is 15.5. The van der Waals surface area contributed by atoms with Crippen molar-refractivity contribution in [2.45, 2.75) is 25.7 Å². The van der Waals surface area contributed by atoms with Crippen LogP contribution in [0.1, 0.15) is 24.8 Å². The highest BCUT2D eigenvalue weighted by Gasteiger charge is 2.38. The number of nitrogens with zero attached hydrogens (tertiary/aromatic N) is 1. The predicted octanol–water partition coefficient (Wildman–Crippen LogP) is 1.47. The van der Waals surface area contributed by atoms with Crippen LogP contribution >= 0.6 is 0 Å². The number of hydrogen-bond acceptors (Lipinski definition) is 3. The van der Waals surface area contributed by atoms with Gasteiger partial charge in [-0.3, -0.25) is 9.78 Å². The number of hydrogen-bond donors (Lipinski definition) is 2. The minimum atomic E-state index is -0.650. The van der Waals surface area contributed by atoms with Gasteiger partial charge in [0.05, 0.1) is 5.41 Å². The van der Waals surface area contributed by atoms with Crippen LogP contribution in [0.15, 0.2) is 24.5 Å². The molecule has 0 spiro atoms. The second kappa shape index (κ2) is 5.27. The van der Waals surface area contributed by atoms with E-state index in [2.05, 4.69) is 10.3 Å². The van der Waals surface area contributed by atoms with Gasteiger partial charge in [0, 0.05) is 12.4 Å². The van der Waals surface area contributed by atoms with Crippen LogP contribution in [0.2, 0.25) is 0 Å². The van der Waals surface area contributed by atoms with Crippen molar-refractivity contribution in [2.24, 2.45) is 5.41 Å². The number of aryl methyl sites for hydroxylation is 1. The lowest BCUT2D eigenvalue weighted by molar-refractivity contribution is -0.151. The van der Waals surface area contributed by atoms with Crippen molar-refractivity contribution in [3.05, 3.63) is 30.1 Å². The van der Waals surface area contributed by atoms with E-state index in [0.29, 0.717) is 6.42 Å². The molecule has 0 amide bonds. The Morgan fingerprint density at radius 2 is 2.24 bits per heavy atom. The molecule has 92 valence electrons. The Morgan fingerprint density at radius 3 is 2.82 bits per heavy atom. The number of carbonyl (C=O) groups is 1. The summed E-state index contributed by atoms with van der Waals surface area (Å²) in [5.74, 6) is -0.650. The van der Waals surface area contributed by atoms with Crippen molar-refractivity contribution in [1.29, 1.82) is 0 Å². The Kier molecular flexibility index (Phi) is 3.74. The lowest BCUT2D eigenvalue weighted by Crippen LogP contribution is -2.42. The molecule has 2 N–H and O–H groups in total. The molecule has 0 bridgehead atoms. The molecule has 0 atom stereocenters. The van der Waals surface area contributed by atoms with Crippen LogP contribution in [0.25, 0.3) is 0 Å².